The molecule has 0 atom stereocenters. The molecule has 0 N–H and O–H groups in total. The number of Topliss-reactive ketones (excluding diaryl/α,β-unsaturated/α-hetero) is 1. The Morgan fingerprint density at radius 2 is 1.89 bits per heavy atom. The van der Waals surface area contributed by atoms with Gasteiger partial charge in [0.05, 0.1) is 27.2 Å². The summed E-state index contributed by atoms with van der Waals surface area (Å²) >= 11 is 6.09. The van der Waals surface area contributed by atoms with Gasteiger partial charge in [-0.15, -0.1) is 11.3 Å². The molecule has 2 heterocycles. The molecule has 2 aromatic carbocycles. The van der Waals surface area contributed by atoms with Gasteiger partial charge in [0.25, 0.3) is 5.56 Å². The maximum absolute atomic E-state index is 13.2. The predicted molar refractivity (Wildman–Crippen MR) is 119 cm³/mol. The van der Waals surface area contributed by atoms with E-state index < -0.39 is 0 Å². The third kappa shape index (κ3) is 3.57. The van der Waals surface area contributed by atoms with Gasteiger partial charge >= 0.3 is 0 Å². The summed E-state index contributed by atoms with van der Waals surface area (Å²) in [6, 6.07) is 16.8. The summed E-state index contributed by atoms with van der Waals surface area (Å²) in [5.74, 6) is 0.209. The maximum atomic E-state index is 13.2. The van der Waals surface area contributed by atoms with Crippen molar-refractivity contribution in [3.8, 4) is 5.69 Å². The Morgan fingerprint density at radius 3 is 2.64 bits per heavy atom. The van der Waals surface area contributed by atoms with Gasteiger partial charge in [-0.25, -0.2) is 4.98 Å². The maximum Gasteiger partial charge on any atom is 0.266 e. The predicted octanol–water partition coefficient (Wildman–Crippen LogP) is 5.49. The first-order valence-electron chi connectivity index (χ1n) is 8.53. The van der Waals surface area contributed by atoms with Crippen LogP contribution in [0, 0.1) is 6.92 Å². The molecule has 4 rings (SSSR count). The fourth-order valence-corrected chi connectivity index (χ4v) is 5.43. The number of thioether (sulfide) groups is 1. The van der Waals surface area contributed by atoms with Gasteiger partial charge in [-0.05, 0) is 58.1 Å². The number of aryl methyl sites for hydroxylation is 1. The van der Waals surface area contributed by atoms with Crippen LogP contribution in [0.25, 0.3) is 16.6 Å². The SMILES string of the molecule is Cc1ccccc1-n1c(SCC(=O)c2sccc2Br)nc2ccccc2c1=O. The minimum Gasteiger partial charge on any atom is -0.292 e. The molecule has 0 aliphatic carbocycles. The molecule has 0 aliphatic rings. The lowest BCUT2D eigenvalue weighted by Crippen LogP contribution is -2.22. The zero-order valence-corrected chi connectivity index (χ0v) is 18.1. The molecule has 0 amide bonds. The average Bonchev–Trinajstić information content (AvgIpc) is 3.13. The zero-order chi connectivity index (χ0) is 19.7. The van der Waals surface area contributed by atoms with Crippen molar-refractivity contribution in [1.82, 2.24) is 9.55 Å². The fourth-order valence-electron chi connectivity index (χ4n) is 2.92. The molecule has 0 radical (unpaired) electrons. The van der Waals surface area contributed by atoms with Crippen LogP contribution in [-0.2, 0) is 0 Å². The van der Waals surface area contributed by atoms with Gasteiger partial charge in [-0.3, -0.25) is 14.2 Å². The Labute approximate surface area is 178 Å². The van der Waals surface area contributed by atoms with Gasteiger partial charge < -0.3 is 0 Å². The highest BCUT2D eigenvalue weighted by Crippen LogP contribution is 2.27. The van der Waals surface area contributed by atoms with E-state index >= 15 is 0 Å². The van der Waals surface area contributed by atoms with Crippen molar-refractivity contribution in [2.45, 2.75) is 12.1 Å². The van der Waals surface area contributed by atoms with Crippen molar-refractivity contribution in [3.63, 3.8) is 0 Å². The molecule has 0 bridgehead atoms. The highest BCUT2D eigenvalue weighted by molar-refractivity contribution is 9.10. The van der Waals surface area contributed by atoms with Crippen LogP contribution >= 0.6 is 39.0 Å². The summed E-state index contributed by atoms with van der Waals surface area (Å²) in [5, 5.41) is 2.95. The Bertz CT molecular complexity index is 1250. The highest BCUT2D eigenvalue weighted by atomic mass is 79.9. The summed E-state index contributed by atoms with van der Waals surface area (Å²) < 4.78 is 2.41. The van der Waals surface area contributed by atoms with Crippen molar-refractivity contribution in [2.24, 2.45) is 0 Å². The first-order valence-corrected chi connectivity index (χ1v) is 11.2. The molecule has 4 nitrogen and oxygen atoms in total. The van der Waals surface area contributed by atoms with E-state index in [1.54, 1.807) is 10.6 Å². The number of halogens is 1. The van der Waals surface area contributed by atoms with Crippen molar-refractivity contribution >= 4 is 55.7 Å². The molecular formula is C21H15BrN2O2S2. The molecule has 140 valence electrons. The van der Waals surface area contributed by atoms with Crippen LogP contribution in [0.15, 0.2) is 74.4 Å². The molecule has 0 spiro atoms. The van der Waals surface area contributed by atoms with E-state index in [9.17, 15) is 9.59 Å². The molecule has 0 aliphatic heterocycles. The van der Waals surface area contributed by atoms with Gasteiger partial charge in [-0.1, -0.05) is 42.1 Å². The van der Waals surface area contributed by atoms with Crippen LogP contribution in [0.5, 0.6) is 0 Å². The minimum atomic E-state index is -0.132. The minimum absolute atomic E-state index is 0.00520. The quantitative estimate of drug-likeness (QED) is 0.219. The first kappa shape index (κ1) is 19.1. The van der Waals surface area contributed by atoms with Crippen molar-refractivity contribution in [3.05, 3.63) is 85.2 Å². The first-order chi connectivity index (χ1) is 13.6. The molecule has 7 heteroatoms. The largest absolute Gasteiger partial charge is 0.292 e. The van der Waals surface area contributed by atoms with Crippen molar-refractivity contribution in [2.75, 3.05) is 5.75 Å². The molecule has 0 saturated heterocycles. The summed E-state index contributed by atoms with van der Waals surface area (Å²) in [4.78, 5) is 31.2. The number of hydrogen-bond donors (Lipinski definition) is 0. The second-order valence-corrected chi connectivity index (χ2v) is 8.86. The number of ketones is 1. The molecule has 0 fully saturated rings. The number of thiophene rings is 1. The van der Waals surface area contributed by atoms with Crippen LogP contribution in [0.4, 0.5) is 0 Å². The summed E-state index contributed by atoms with van der Waals surface area (Å²) in [6.45, 7) is 1.96. The van der Waals surface area contributed by atoms with E-state index in [0.717, 1.165) is 15.7 Å². The summed E-state index contributed by atoms with van der Waals surface area (Å²) in [5.41, 5.74) is 2.24. The van der Waals surface area contributed by atoms with E-state index in [1.807, 2.05) is 60.8 Å². The second kappa shape index (κ2) is 8.03. The smallest absolute Gasteiger partial charge is 0.266 e. The highest BCUT2D eigenvalue weighted by Gasteiger charge is 2.17. The van der Waals surface area contributed by atoms with E-state index in [-0.39, 0.29) is 17.1 Å². The molecule has 2 aromatic heterocycles. The van der Waals surface area contributed by atoms with Crippen molar-refractivity contribution < 1.29 is 4.79 Å². The Hall–Kier alpha value is -2.22. The molecular weight excluding hydrogens is 456 g/mol. The van der Waals surface area contributed by atoms with E-state index in [2.05, 4.69) is 15.9 Å². The van der Waals surface area contributed by atoms with Gasteiger partial charge in [-0.2, -0.15) is 0 Å². The van der Waals surface area contributed by atoms with Gasteiger partial charge in [0.2, 0.25) is 0 Å². The van der Waals surface area contributed by atoms with Gasteiger partial charge in [0.15, 0.2) is 10.9 Å². The number of para-hydroxylation sites is 2. The second-order valence-electron chi connectivity index (χ2n) is 6.15. The third-order valence-electron chi connectivity index (χ3n) is 4.30. The Kier molecular flexibility index (Phi) is 5.48. The van der Waals surface area contributed by atoms with Gasteiger partial charge in [0.1, 0.15) is 0 Å². The molecule has 4 aromatic rings. The van der Waals surface area contributed by atoms with Gasteiger partial charge in [0, 0.05) is 4.47 Å². The van der Waals surface area contributed by atoms with Crippen LogP contribution in [0.1, 0.15) is 15.2 Å². The zero-order valence-electron chi connectivity index (χ0n) is 14.9. The van der Waals surface area contributed by atoms with Crippen LogP contribution in [0.2, 0.25) is 0 Å². The number of benzene rings is 2. The standard InChI is InChI=1S/C21H15BrN2O2S2/c1-13-6-2-5-9-17(13)24-20(26)14-7-3-4-8-16(14)23-21(24)28-12-18(25)19-15(22)10-11-27-19/h2-11H,12H2,1H3. The number of carbonyl (C=O) groups is 1. The number of aromatic nitrogens is 2. The summed E-state index contributed by atoms with van der Waals surface area (Å²) in [6.07, 6.45) is 0. The van der Waals surface area contributed by atoms with Crippen LogP contribution < -0.4 is 5.56 Å². The summed E-state index contributed by atoms with van der Waals surface area (Å²) in [7, 11) is 0. The van der Waals surface area contributed by atoms with Crippen molar-refractivity contribution in [1.29, 1.82) is 0 Å². The van der Waals surface area contributed by atoms with E-state index in [0.29, 0.717) is 20.9 Å². The number of fused-ring (bicyclic) bond motifs is 1. The molecule has 0 saturated carbocycles. The van der Waals surface area contributed by atoms with E-state index in [4.69, 9.17) is 4.98 Å². The normalized spacial score (nSPS) is 11.1. The van der Waals surface area contributed by atoms with E-state index in [1.165, 1.54) is 23.1 Å². The van der Waals surface area contributed by atoms with Crippen LogP contribution in [-0.4, -0.2) is 21.1 Å². The lowest BCUT2D eigenvalue weighted by molar-refractivity contribution is 0.102. The third-order valence-corrected chi connectivity index (χ3v) is 7.12. The topological polar surface area (TPSA) is 52.0 Å². The Morgan fingerprint density at radius 1 is 1.14 bits per heavy atom. The lowest BCUT2D eigenvalue weighted by atomic mass is 10.2. The fraction of sp³-hybridized carbons (Fsp3) is 0.0952. The average molecular weight is 471 g/mol. The number of carbonyl (C=O) groups excluding carboxylic acids is 1. The lowest BCUT2D eigenvalue weighted by Gasteiger charge is -2.14. The number of rotatable bonds is 5. The molecule has 0 unspecified atom stereocenters. The Balaban J connectivity index is 1.81. The van der Waals surface area contributed by atoms with Crippen LogP contribution in [0.3, 0.4) is 0 Å². The number of hydrogen-bond acceptors (Lipinski definition) is 5. The number of nitrogens with zero attached hydrogens (tertiary/aromatic N) is 2. The molecule has 28 heavy (non-hydrogen) atoms. The monoisotopic (exact) mass is 470 g/mol.